The highest BCUT2D eigenvalue weighted by Gasteiger charge is 2.13. The maximum atomic E-state index is 13.4. The van der Waals surface area contributed by atoms with Crippen LogP contribution in [0.25, 0.3) is 0 Å². The summed E-state index contributed by atoms with van der Waals surface area (Å²) in [6.07, 6.45) is 0.788. The van der Waals surface area contributed by atoms with E-state index < -0.39 is 11.8 Å². The van der Waals surface area contributed by atoms with Crippen molar-refractivity contribution >= 4 is 35.0 Å². The minimum absolute atomic E-state index is 0.177. The summed E-state index contributed by atoms with van der Waals surface area (Å²) in [6.45, 7) is 0.442. The summed E-state index contributed by atoms with van der Waals surface area (Å²) in [5, 5.41) is 6.03. The molecule has 0 radical (unpaired) electrons. The molecular weight excluding hydrogens is 366 g/mol. The van der Waals surface area contributed by atoms with Gasteiger partial charge in [-0.3, -0.25) is 9.59 Å². The van der Waals surface area contributed by atoms with Gasteiger partial charge in [-0.2, -0.15) is 0 Å². The van der Waals surface area contributed by atoms with Gasteiger partial charge in [0.15, 0.2) is 0 Å². The van der Waals surface area contributed by atoms with E-state index in [1.54, 1.807) is 36.4 Å². The minimum Gasteiger partial charge on any atom is -0.348 e. The quantitative estimate of drug-likeness (QED) is 0.753. The van der Waals surface area contributed by atoms with Crippen molar-refractivity contribution < 1.29 is 14.0 Å². The first-order valence-electron chi connectivity index (χ1n) is 7.70. The summed E-state index contributed by atoms with van der Waals surface area (Å²) in [4.78, 5) is 23.4. The molecule has 0 bridgehead atoms. The Morgan fingerprint density at radius 3 is 2.08 bits per heavy atom. The lowest BCUT2D eigenvalue weighted by molar-refractivity contribution is -0.139. The first-order chi connectivity index (χ1) is 12.0. The maximum absolute atomic E-state index is 13.4. The van der Waals surface area contributed by atoms with Gasteiger partial charge in [0.1, 0.15) is 5.82 Å². The van der Waals surface area contributed by atoms with Crippen LogP contribution in [0.1, 0.15) is 11.1 Å². The Labute approximate surface area is 155 Å². The summed E-state index contributed by atoms with van der Waals surface area (Å²) < 4.78 is 13.4. The van der Waals surface area contributed by atoms with Crippen molar-refractivity contribution in [3.8, 4) is 0 Å². The van der Waals surface area contributed by atoms with Crippen molar-refractivity contribution in [2.45, 2.75) is 12.8 Å². The molecule has 2 N–H and O–H groups in total. The second-order valence-corrected chi connectivity index (χ2v) is 6.18. The van der Waals surface area contributed by atoms with Crippen molar-refractivity contribution in [1.29, 1.82) is 0 Å². The maximum Gasteiger partial charge on any atom is 0.309 e. The van der Waals surface area contributed by atoms with Gasteiger partial charge in [0, 0.05) is 23.1 Å². The zero-order valence-electron chi connectivity index (χ0n) is 13.3. The molecule has 2 amide bonds. The van der Waals surface area contributed by atoms with Crippen LogP contribution in [0.15, 0.2) is 42.5 Å². The molecule has 0 aliphatic heterocycles. The Bertz CT molecular complexity index is 768. The first-order valence-corrected chi connectivity index (χ1v) is 8.46. The van der Waals surface area contributed by atoms with Gasteiger partial charge in [0.25, 0.3) is 0 Å². The molecule has 2 aromatic carbocycles. The number of carbonyl (C=O) groups excluding carboxylic acids is 2. The molecule has 2 aromatic rings. The van der Waals surface area contributed by atoms with Crippen LogP contribution in [-0.2, 0) is 22.4 Å². The SMILES string of the molecule is O=C(NCCc1ccccc1F)C(=O)NCCc1ccc(Cl)cc1Cl. The second-order valence-electron chi connectivity index (χ2n) is 5.34. The Kier molecular flexibility index (Phi) is 7.22. The van der Waals surface area contributed by atoms with Gasteiger partial charge in [0.05, 0.1) is 0 Å². The summed E-state index contributed by atoms with van der Waals surface area (Å²) >= 11 is 11.9. The third-order valence-corrected chi connectivity index (χ3v) is 4.13. The summed E-state index contributed by atoms with van der Waals surface area (Å²) in [5.41, 5.74) is 1.31. The summed E-state index contributed by atoms with van der Waals surface area (Å²) in [7, 11) is 0. The molecule has 0 aliphatic rings. The largest absolute Gasteiger partial charge is 0.348 e. The standard InChI is InChI=1S/C18H17Cl2FN2O2/c19-14-6-5-12(15(20)11-14)7-9-22-17(24)18(25)23-10-8-13-3-1-2-4-16(13)21/h1-6,11H,7-10H2,(H,22,24)(H,23,25). The van der Waals surface area contributed by atoms with E-state index in [0.29, 0.717) is 28.5 Å². The number of hydrogen-bond donors (Lipinski definition) is 2. The molecule has 0 fully saturated rings. The van der Waals surface area contributed by atoms with Crippen molar-refractivity contribution in [2.24, 2.45) is 0 Å². The Morgan fingerprint density at radius 1 is 0.880 bits per heavy atom. The highest BCUT2D eigenvalue weighted by atomic mass is 35.5. The molecular formula is C18H17Cl2FN2O2. The minimum atomic E-state index is -0.751. The van der Waals surface area contributed by atoms with Crippen molar-refractivity contribution in [1.82, 2.24) is 10.6 Å². The third-order valence-electron chi connectivity index (χ3n) is 3.54. The van der Waals surface area contributed by atoms with E-state index in [-0.39, 0.29) is 18.9 Å². The Balaban J connectivity index is 1.71. The van der Waals surface area contributed by atoms with Gasteiger partial charge in [-0.1, -0.05) is 47.5 Å². The van der Waals surface area contributed by atoms with E-state index in [0.717, 1.165) is 5.56 Å². The third kappa shape index (κ3) is 6.03. The van der Waals surface area contributed by atoms with Crippen molar-refractivity contribution in [2.75, 3.05) is 13.1 Å². The lowest BCUT2D eigenvalue weighted by Crippen LogP contribution is -2.41. The topological polar surface area (TPSA) is 58.2 Å². The number of nitrogens with one attached hydrogen (secondary N) is 2. The van der Waals surface area contributed by atoms with Crippen molar-refractivity contribution in [3.05, 3.63) is 69.5 Å². The van der Waals surface area contributed by atoms with Gasteiger partial charge in [-0.15, -0.1) is 0 Å². The number of carbonyl (C=O) groups is 2. The van der Waals surface area contributed by atoms with E-state index in [4.69, 9.17) is 23.2 Å². The van der Waals surface area contributed by atoms with Gasteiger partial charge in [-0.05, 0) is 42.2 Å². The number of rotatable bonds is 6. The van der Waals surface area contributed by atoms with Gasteiger partial charge in [0.2, 0.25) is 0 Å². The first kappa shape index (κ1) is 19.2. The van der Waals surface area contributed by atoms with Crippen LogP contribution in [0, 0.1) is 5.82 Å². The predicted molar refractivity (Wildman–Crippen MR) is 96.3 cm³/mol. The number of amides is 2. The monoisotopic (exact) mass is 382 g/mol. The van der Waals surface area contributed by atoms with Gasteiger partial charge < -0.3 is 10.6 Å². The highest BCUT2D eigenvalue weighted by Crippen LogP contribution is 2.20. The molecule has 4 nitrogen and oxygen atoms in total. The fourth-order valence-corrected chi connectivity index (χ4v) is 2.71. The molecule has 0 aromatic heterocycles. The number of halogens is 3. The molecule has 0 saturated heterocycles. The molecule has 0 saturated carbocycles. The molecule has 0 spiro atoms. The van der Waals surface area contributed by atoms with Crippen LogP contribution in [0.4, 0.5) is 4.39 Å². The molecule has 0 aliphatic carbocycles. The Hall–Kier alpha value is -2.11. The molecule has 132 valence electrons. The van der Waals surface area contributed by atoms with Gasteiger partial charge >= 0.3 is 11.8 Å². The van der Waals surface area contributed by atoms with Crippen LogP contribution in [-0.4, -0.2) is 24.9 Å². The molecule has 0 atom stereocenters. The molecule has 0 unspecified atom stereocenters. The molecule has 2 rings (SSSR count). The average molecular weight is 383 g/mol. The normalized spacial score (nSPS) is 10.4. The lowest BCUT2D eigenvalue weighted by atomic mass is 10.1. The lowest BCUT2D eigenvalue weighted by Gasteiger charge is -2.08. The predicted octanol–water partition coefficient (Wildman–Crippen LogP) is 3.15. The van der Waals surface area contributed by atoms with Crippen LogP contribution in [0.2, 0.25) is 10.0 Å². The second kappa shape index (κ2) is 9.39. The van der Waals surface area contributed by atoms with E-state index in [1.165, 1.54) is 6.07 Å². The zero-order valence-corrected chi connectivity index (χ0v) is 14.8. The highest BCUT2D eigenvalue weighted by molar-refractivity contribution is 6.35. The van der Waals surface area contributed by atoms with Crippen LogP contribution in [0.3, 0.4) is 0 Å². The van der Waals surface area contributed by atoms with Gasteiger partial charge in [-0.25, -0.2) is 4.39 Å². The fraction of sp³-hybridized carbons (Fsp3) is 0.222. The van der Waals surface area contributed by atoms with E-state index in [9.17, 15) is 14.0 Å². The zero-order chi connectivity index (χ0) is 18.2. The van der Waals surface area contributed by atoms with E-state index in [2.05, 4.69) is 10.6 Å². The fourth-order valence-electron chi connectivity index (χ4n) is 2.21. The van der Waals surface area contributed by atoms with E-state index >= 15 is 0 Å². The molecule has 0 heterocycles. The number of benzene rings is 2. The smallest absolute Gasteiger partial charge is 0.309 e. The average Bonchev–Trinajstić information content (AvgIpc) is 2.58. The molecule has 25 heavy (non-hydrogen) atoms. The van der Waals surface area contributed by atoms with Crippen LogP contribution < -0.4 is 10.6 Å². The summed E-state index contributed by atoms with van der Waals surface area (Å²) in [5.74, 6) is -1.82. The summed E-state index contributed by atoms with van der Waals surface area (Å²) in [6, 6.07) is 11.4. The molecule has 7 heteroatoms. The number of hydrogen-bond acceptors (Lipinski definition) is 2. The van der Waals surface area contributed by atoms with E-state index in [1.807, 2.05) is 0 Å². The van der Waals surface area contributed by atoms with Crippen LogP contribution >= 0.6 is 23.2 Å². The van der Waals surface area contributed by atoms with Crippen molar-refractivity contribution in [3.63, 3.8) is 0 Å². The Morgan fingerprint density at radius 2 is 1.48 bits per heavy atom. The van der Waals surface area contributed by atoms with Crippen LogP contribution in [0.5, 0.6) is 0 Å².